The average molecular weight is 191 g/mol. The Labute approximate surface area is 80.4 Å². The Morgan fingerprint density at radius 1 is 1.17 bits per heavy atom. The summed E-state index contributed by atoms with van der Waals surface area (Å²) in [6.45, 7) is 0.986. The summed E-state index contributed by atoms with van der Waals surface area (Å²) in [5.74, 6) is 0.811. The monoisotopic (exact) mass is 190 g/mol. The van der Waals surface area contributed by atoms with Crippen LogP contribution < -0.4 is 0 Å². The largest absolute Gasteiger partial charge is 0.378 e. The average Bonchev–Trinajstić information content (AvgIpc) is 2.14. The standard InChI is InChI=1S/C10H19ClO/c11-8-4-1-2-6-10-7-3-5-9-12-10/h10H,1-9H2. The van der Waals surface area contributed by atoms with Crippen molar-refractivity contribution >= 4 is 11.6 Å². The lowest BCUT2D eigenvalue weighted by Gasteiger charge is -2.22. The minimum Gasteiger partial charge on any atom is -0.378 e. The summed E-state index contributed by atoms with van der Waals surface area (Å²) in [6, 6.07) is 0. The molecule has 0 radical (unpaired) electrons. The normalized spacial score (nSPS) is 24.2. The first-order valence-electron chi connectivity index (χ1n) is 5.11. The van der Waals surface area contributed by atoms with Crippen molar-refractivity contribution in [3.63, 3.8) is 0 Å². The van der Waals surface area contributed by atoms with E-state index in [9.17, 15) is 0 Å². The zero-order valence-corrected chi connectivity index (χ0v) is 8.48. The van der Waals surface area contributed by atoms with Gasteiger partial charge in [0, 0.05) is 12.5 Å². The second-order valence-corrected chi connectivity index (χ2v) is 3.90. The third kappa shape index (κ3) is 4.32. The zero-order valence-electron chi connectivity index (χ0n) is 7.73. The molecule has 1 aliphatic heterocycles. The molecule has 0 saturated carbocycles. The molecule has 1 aliphatic rings. The smallest absolute Gasteiger partial charge is 0.0575 e. The second kappa shape index (κ2) is 6.73. The van der Waals surface area contributed by atoms with Crippen LogP contribution in [-0.4, -0.2) is 18.6 Å². The van der Waals surface area contributed by atoms with E-state index in [0.717, 1.165) is 18.9 Å². The second-order valence-electron chi connectivity index (χ2n) is 3.53. The summed E-state index contributed by atoms with van der Waals surface area (Å²) >= 11 is 5.59. The van der Waals surface area contributed by atoms with Gasteiger partial charge in [0.15, 0.2) is 0 Å². The number of hydrogen-bond acceptors (Lipinski definition) is 1. The van der Waals surface area contributed by atoms with Crippen molar-refractivity contribution in [2.75, 3.05) is 12.5 Å². The molecule has 2 heteroatoms. The van der Waals surface area contributed by atoms with Crippen molar-refractivity contribution in [2.24, 2.45) is 0 Å². The van der Waals surface area contributed by atoms with Gasteiger partial charge in [-0.3, -0.25) is 0 Å². The van der Waals surface area contributed by atoms with Gasteiger partial charge in [0.25, 0.3) is 0 Å². The molecule has 0 bridgehead atoms. The third-order valence-electron chi connectivity index (χ3n) is 2.43. The lowest BCUT2D eigenvalue weighted by atomic mass is 10.0. The van der Waals surface area contributed by atoms with E-state index in [1.807, 2.05) is 0 Å². The highest BCUT2D eigenvalue weighted by Crippen LogP contribution is 2.18. The molecular weight excluding hydrogens is 172 g/mol. The van der Waals surface area contributed by atoms with E-state index in [4.69, 9.17) is 16.3 Å². The maximum atomic E-state index is 5.63. The topological polar surface area (TPSA) is 9.23 Å². The van der Waals surface area contributed by atoms with Crippen LogP contribution in [0.4, 0.5) is 0 Å². The SMILES string of the molecule is ClCCCCCC1CCCCO1. The Morgan fingerprint density at radius 2 is 2.08 bits per heavy atom. The van der Waals surface area contributed by atoms with Gasteiger partial charge >= 0.3 is 0 Å². The first-order valence-corrected chi connectivity index (χ1v) is 5.64. The van der Waals surface area contributed by atoms with Crippen LogP contribution in [0.25, 0.3) is 0 Å². The van der Waals surface area contributed by atoms with E-state index in [2.05, 4.69) is 0 Å². The molecule has 1 atom stereocenters. The molecule has 1 heterocycles. The molecule has 12 heavy (non-hydrogen) atoms. The third-order valence-corrected chi connectivity index (χ3v) is 2.70. The van der Waals surface area contributed by atoms with Gasteiger partial charge in [-0.2, -0.15) is 0 Å². The maximum absolute atomic E-state index is 5.63. The van der Waals surface area contributed by atoms with E-state index in [1.54, 1.807) is 0 Å². The summed E-state index contributed by atoms with van der Waals surface area (Å²) in [6.07, 6.45) is 9.43. The van der Waals surface area contributed by atoms with Gasteiger partial charge in [-0.05, 0) is 32.1 Å². The van der Waals surface area contributed by atoms with Crippen LogP contribution in [0.5, 0.6) is 0 Å². The van der Waals surface area contributed by atoms with Crippen molar-refractivity contribution in [1.29, 1.82) is 0 Å². The van der Waals surface area contributed by atoms with E-state index >= 15 is 0 Å². The lowest BCUT2D eigenvalue weighted by molar-refractivity contribution is 0.00985. The van der Waals surface area contributed by atoms with Crippen LogP contribution in [0.1, 0.15) is 44.9 Å². The predicted octanol–water partition coefficient (Wildman–Crippen LogP) is 3.35. The lowest BCUT2D eigenvalue weighted by Crippen LogP contribution is -2.18. The number of alkyl halides is 1. The van der Waals surface area contributed by atoms with E-state index in [1.165, 1.54) is 38.5 Å². The number of rotatable bonds is 5. The molecule has 1 nitrogen and oxygen atoms in total. The molecule has 1 saturated heterocycles. The molecule has 1 fully saturated rings. The number of unbranched alkanes of at least 4 members (excludes halogenated alkanes) is 2. The highest BCUT2D eigenvalue weighted by molar-refractivity contribution is 6.17. The Kier molecular flexibility index (Phi) is 5.80. The molecule has 1 rings (SSSR count). The molecule has 0 aromatic rings. The van der Waals surface area contributed by atoms with Gasteiger partial charge in [0.2, 0.25) is 0 Å². The zero-order chi connectivity index (χ0) is 8.65. The van der Waals surface area contributed by atoms with E-state index in [-0.39, 0.29) is 0 Å². The summed E-state index contributed by atoms with van der Waals surface area (Å²) in [7, 11) is 0. The maximum Gasteiger partial charge on any atom is 0.0575 e. The quantitative estimate of drug-likeness (QED) is 0.477. The van der Waals surface area contributed by atoms with Crippen LogP contribution in [0, 0.1) is 0 Å². The summed E-state index contributed by atoms with van der Waals surface area (Å²) in [5.41, 5.74) is 0. The van der Waals surface area contributed by atoms with Crippen molar-refractivity contribution in [3.05, 3.63) is 0 Å². The molecule has 0 spiro atoms. The molecule has 0 aliphatic carbocycles. The predicted molar refractivity (Wildman–Crippen MR) is 52.8 cm³/mol. The Balaban J connectivity index is 1.91. The van der Waals surface area contributed by atoms with Crippen molar-refractivity contribution in [3.8, 4) is 0 Å². The van der Waals surface area contributed by atoms with Crippen LogP contribution in [-0.2, 0) is 4.74 Å². The molecule has 0 N–H and O–H groups in total. The Hall–Kier alpha value is 0.250. The van der Waals surface area contributed by atoms with Gasteiger partial charge in [-0.25, -0.2) is 0 Å². The van der Waals surface area contributed by atoms with Gasteiger partial charge in [0.1, 0.15) is 0 Å². The molecule has 0 aromatic carbocycles. The minimum atomic E-state index is 0.564. The van der Waals surface area contributed by atoms with Crippen LogP contribution in [0.3, 0.4) is 0 Å². The van der Waals surface area contributed by atoms with Gasteiger partial charge in [-0.15, -0.1) is 11.6 Å². The van der Waals surface area contributed by atoms with Crippen LogP contribution in [0.2, 0.25) is 0 Å². The fourth-order valence-corrected chi connectivity index (χ4v) is 1.87. The fraction of sp³-hybridized carbons (Fsp3) is 1.00. The fourth-order valence-electron chi connectivity index (χ4n) is 1.68. The molecule has 0 amide bonds. The highest BCUT2D eigenvalue weighted by atomic mass is 35.5. The van der Waals surface area contributed by atoms with Gasteiger partial charge in [0.05, 0.1) is 6.10 Å². The molecule has 72 valence electrons. The summed E-state index contributed by atoms with van der Waals surface area (Å²) < 4.78 is 5.63. The number of hydrogen-bond donors (Lipinski definition) is 0. The first kappa shape index (κ1) is 10.3. The van der Waals surface area contributed by atoms with Gasteiger partial charge in [-0.1, -0.05) is 12.8 Å². The van der Waals surface area contributed by atoms with Crippen molar-refractivity contribution in [1.82, 2.24) is 0 Å². The van der Waals surface area contributed by atoms with Crippen LogP contribution in [0.15, 0.2) is 0 Å². The van der Waals surface area contributed by atoms with E-state index in [0.29, 0.717) is 6.10 Å². The number of ether oxygens (including phenoxy) is 1. The Morgan fingerprint density at radius 3 is 2.75 bits per heavy atom. The summed E-state index contributed by atoms with van der Waals surface area (Å²) in [4.78, 5) is 0. The summed E-state index contributed by atoms with van der Waals surface area (Å²) in [5, 5.41) is 0. The Bertz CT molecular complexity index is 100. The van der Waals surface area contributed by atoms with Gasteiger partial charge < -0.3 is 4.74 Å². The van der Waals surface area contributed by atoms with Crippen LogP contribution >= 0.6 is 11.6 Å². The van der Waals surface area contributed by atoms with E-state index < -0.39 is 0 Å². The molecule has 1 unspecified atom stereocenters. The first-order chi connectivity index (χ1) is 5.93. The minimum absolute atomic E-state index is 0.564. The molecule has 0 aromatic heterocycles. The van der Waals surface area contributed by atoms with Crippen molar-refractivity contribution in [2.45, 2.75) is 51.0 Å². The highest BCUT2D eigenvalue weighted by Gasteiger charge is 2.12. The molecular formula is C10H19ClO. The number of halogens is 1. The van der Waals surface area contributed by atoms with Crippen molar-refractivity contribution < 1.29 is 4.74 Å².